The normalized spacial score (nSPS) is 27.1. The maximum absolute atomic E-state index is 14.6. The van der Waals surface area contributed by atoms with Gasteiger partial charge < -0.3 is 29.9 Å². The van der Waals surface area contributed by atoms with Gasteiger partial charge in [0.15, 0.2) is 0 Å². The molecule has 1 unspecified atom stereocenters. The Kier molecular flexibility index (Phi) is 11.4. The maximum Gasteiger partial charge on any atom is 0.410 e. The Morgan fingerprint density at radius 1 is 1.09 bits per heavy atom. The number of fused-ring (bicyclic) bond motifs is 3. The molecule has 1 saturated heterocycles. The Balaban J connectivity index is 1.31. The Bertz CT molecular complexity index is 1890. The minimum atomic E-state index is -3.98. The molecule has 3 N–H and O–H groups in total. The van der Waals surface area contributed by atoms with E-state index in [9.17, 15) is 41.6 Å². The fourth-order valence-corrected chi connectivity index (χ4v) is 8.72. The highest BCUT2D eigenvalue weighted by Crippen LogP contribution is 2.46. The lowest BCUT2D eigenvalue weighted by Gasteiger charge is -2.33. The van der Waals surface area contributed by atoms with Crippen molar-refractivity contribution >= 4 is 57.4 Å². The average molecular weight is 809 g/mol. The number of carbonyl (C=O) groups excluding carboxylic acids is 6. The predicted molar refractivity (Wildman–Crippen MR) is 194 cm³/mol. The van der Waals surface area contributed by atoms with Crippen molar-refractivity contribution in [3.8, 4) is 0 Å². The summed E-state index contributed by atoms with van der Waals surface area (Å²) < 4.78 is 53.4. The second kappa shape index (κ2) is 15.6. The monoisotopic (exact) mass is 808 g/mol. The summed E-state index contributed by atoms with van der Waals surface area (Å²) in [6.45, 7) is 4.37. The number of hydrogen-bond donors (Lipinski definition) is 3. The number of amides is 6. The van der Waals surface area contributed by atoms with Gasteiger partial charge in [-0.15, -0.1) is 11.6 Å². The molecule has 6 rings (SSSR count). The molecule has 300 valence electrons. The summed E-state index contributed by atoms with van der Waals surface area (Å²) in [5, 5.41) is 4.57. The Labute approximate surface area is 323 Å². The number of carbonyl (C=O) groups is 6. The zero-order valence-electron chi connectivity index (χ0n) is 30.8. The summed E-state index contributed by atoms with van der Waals surface area (Å²) in [4.78, 5) is 85.8. The number of allylic oxidation sites excluding steroid dienone is 1. The van der Waals surface area contributed by atoms with Crippen molar-refractivity contribution in [2.24, 2.45) is 5.92 Å². The number of ether oxygens (including phenoxy) is 2. The van der Waals surface area contributed by atoms with Gasteiger partial charge in [0.1, 0.15) is 41.0 Å². The smallest absolute Gasteiger partial charge is 0.410 e. The van der Waals surface area contributed by atoms with E-state index in [1.54, 1.807) is 39.0 Å². The minimum Gasteiger partial charge on any atom is -0.444 e. The van der Waals surface area contributed by atoms with Crippen LogP contribution in [-0.4, -0.2) is 119 Å². The summed E-state index contributed by atoms with van der Waals surface area (Å²) in [7, 11) is -3.98. The van der Waals surface area contributed by atoms with Gasteiger partial charge in [0.25, 0.3) is 5.91 Å². The van der Waals surface area contributed by atoms with Crippen molar-refractivity contribution in [2.75, 3.05) is 25.5 Å². The predicted octanol–water partition coefficient (Wildman–Crippen LogP) is 2.04. The third-order valence-corrected chi connectivity index (χ3v) is 12.3. The average Bonchev–Trinajstić information content (AvgIpc) is 3.99. The second-order valence-corrected chi connectivity index (χ2v) is 17.9. The first-order valence-electron chi connectivity index (χ1n) is 18.3. The zero-order chi connectivity index (χ0) is 39.9. The number of nitrogens with one attached hydrogen (secondary N) is 3. The van der Waals surface area contributed by atoms with Crippen LogP contribution in [-0.2, 0) is 51.8 Å². The molecule has 5 aliphatic rings. The fourth-order valence-electron chi connectivity index (χ4n) is 7.19. The molecular weight excluding hydrogens is 763 g/mol. The zero-order valence-corrected chi connectivity index (χ0v) is 32.4. The maximum atomic E-state index is 14.6. The molecule has 19 heteroatoms. The van der Waals surface area contributed by atoms with Crippen LogP contribution in [0.5, 0.6) is 0 Å². The Hall–Kier alpha value is -4.45. The highest BCUT2D eigenvalue weighted by Gasteiger charge is 2.62. The van der Waals surface area contributed by atoms with Crippen LogP contribution in [0, 0.1) is 11.7 Å². The topological polar surface area (TPSA) is 201 Å². The van der Waals surface area contributed by atoms with Crippen LogP contribution >= 0.6 is 11.6 Å². The number of alkyl carbamates (subject to hydrolysis) is 1. The molecule has 5 atom stereocenters. The van der Waals surface area contributed by atoms with E-state index in [1.165, 1.54) is 21.9 Å². The van der Waals surface area contributed by atoms with E-state index in [0.717, 1.165) is 4.90 Å². The van der Waals surface area contributed by atoms with E-state index in [0.29, 0.717) is 36.8 Å². The first kappa shape index (κ1) is 40.2. The van der Waals surface area contributed by atoms with Crippen LogP contribution in [0.2, 0.25) is 0 Å². The van der Waals surface area contributed by atoms with Crippen molar-refractivity contribution < 1.29 is 51.0 Å². The van der Waals surface area contributed by atoms with Gasteiger partial charge in [0.05, 0.1) is 24.9 Å². The van der Waals surface area contributed by atoms with E-state index < -0.39 is 98.0 Å². The van der Waals surface area contributed by atoms with Crippen LogP contribution in [0.25, 0.3) is 0 Å². The lowest BCUT2D eigenvalue weighted by molar-refractivity contribution is -0.142. The quantitative estimate of drug-likeness (QED) is 0.282. The fraction of sp³-hybridized carbons (Fsp3) is 0.611. The van der Waals surface area contributed by atoms with Crippen LogP contribution in [0.15, 0.2) is 30.4 Å². The standard InChI is InChI=1S/C36H46ClFN6O10S/c1-35(2,3)54-33(49)39-27-20-42(29(45)16-37)13-6-4-5-9-22-15-36(22,32(48)41-55(51,52)24-11-12-24)40-30(46)28-14-23(18-44(28)31(27)47)53-34(50)43-17-21-8-7-10-26(38)25(21)19-43/h5,7-10,22-24,27-28H,4,6,11-20H2,1-3H3,(H,39,49)(H,40,46)(H,41,48)/t22-,23?,27+,28+,36-/m1/s1. The summed E-state index contributed by atoms with van der Waals surface area (Å²) in [5.41, 5.74) is -1.65. The SMILES string of the molecule is CC(C)(C)OC(=O)N[C@H]1CN(C(=O)CCl)CCCC=C[C@@H]2C[C@@]2(C(=O)NS(=O)(=O)C2CC2)NC(=O)[C@@H]2CC(OC(=O)N3Cc4cccc(F)c4C3)CN2C1=O. The second-order valence-electron chi connectivity index (χ2n) is 15.7. The molecule has 0 aromatic heterocycles. The molecule has 0 spiro atoms. The van der Waals surface area contributed by atoms with Crippen LogP contribution in [0.1, 0.15) is 70.4 Å². The van der Waals surface area contributed by atoms with Crippen LogP contribution in [0.4, 0.5) is 14.0 Å². The van der Waals surface area contributed by atoms with Crippen molar-refractivity contribution in [1.82, 2.24) is 30.1 Å². The number of halogens is 2. The van der Waals surface area contributed by atoms with Crippen molar-refractivity contribution in [2.45, 2.75) is 107 Å². The molecule has 3 heterocycles. The van der Waals surface area contributed by atoms with Crippen LogP contribution < -0.4 is 15.4 Å². The van der Waals surface area contributed by atoms with Gasteiger partial charge in [-0.25, -0.2) is 22.4 Å². The molecule has 3 fully saturated rings. The van der Waals surface area contributed by atoms with Crippen molar-refractivity contribution in [1.29, 1.82) is 0 Å². The molecule has 1 aromatic rings. The molecule has 55 heavy (non-hydrogen) atoms. The molecule has 2 aliphatic carbocycles. The number of nitrogens with zero attached hydrogens (tertiary/aromatic N) is 3. The molecule has 6 amide bonds. The van der Waals surface area contributed by atoms with E-state index in [2.05, 4.69) is 15.4 Å². The van der Waals surface area contributed by atoms with Crippen molar-refractivity contribution in [3.05, 3.63) is 47.3 Å². The molecular formula is C36H46ClFN6O10S. The summed E-state index contributed by atoms with van der Waals surface area (Å²) in [5.74, 6) is -4.53. The molecule has 1 aromatic carbocycles. The van der Waals surface area contributed by atoms with Gasteiger partial charge in [-0.05, 0) is 64.5 Å². The number of alkyl halides is 1. The number of hydrogen-bond acceptors (Lipinski definition) is 10. The van der Waals surface area contributed by atoms with Crippen LogP contribution in [0.3, 0.4) is 0 Å². The van der Waals surface area contributed by atoms with Gasteiger partial charge >= 0.3 is 12.2 Å². The van der Waals surface area contributed by atoms with E-state index in [1.807, 2.05) is 0 Å². The summed E-state index contributed by atoms with van der Waals surface area (Å²) >= 11 is 5.94. The molecule has 16 nitrogen and oxygen atoms in total. The number of rotatable bonds is 6. The Morgan fingerprint density at radius 3 is 2.51 bits per heavy atom. The van der Waals surface area contributed by atoms with Gasteiger partial charge in [0, 0.05) is 31.0 Å². The Morgan fingerprint density at radius 2 is 1.84 bits per heavy atom. The van der Waals surface area contributed by atoms with Gasteiger partial charge in [0.2, 0.25) is 27.7 Å². The third kappa shape index (κ3) is 9.17. The molecule has 0 bridgehead atoms. The van der Waals surface area contributed by atoms with E-state index in [4.69, 9.17) is 21.1 Å². The molecule has 2 saturated carbocycles. The van der Waals surface area contributed by atoms with Crippen molar-refractivity contribution in [3.63, 3.8) is 0 Å². The molecule has 3 aliphatic heterocycles. The summed E-state index contributed by atoms with van der Waals surface area (Å²) in [6, 6.07) is 1.68. The first-order chi connectivity index (χ1) is 25.9. The van der Waals surface area contributed by atoms with E-state index >= 15 is 0 Å². The summed E-state index contributed by atoms with van der Waals surface area (Å²) in [6.07, 6.45) is 2.10. The van der Waals surface area contributed by atoms with Gasteiger partial charge in [-0.2, -0.15) is 0 Å². The van der Waals surface area contributed by atoms with E-state index in [-0.39, 0.29) is 45.6 Å². The lowest BCUT2D eigenvalue weighted by Crippen LogP contribution is -2.60. The number of benzene rings is 1. The molecule has 0 radical (unpaired) electrons. The highest BCUT2D eigenvalue weighted by atomic mass is 35.5. The largest absolute Gasteiger partial charge is 0.444 e. The van der Waals surface area contributed by atoms with Gasteiger partial charge in [-0.1, -0.05) is 24.3 Å². The minimum absolute atomic E-state index is 0.0528. The highest BCUT2D eigenvalue weighted by molar-refractivity contribution is 7.91. The number of sulfonamides is 1. The first-order valence-corrected chi connectivity index (χ1v) is 20.4. The lowest BCUT2D eigenvalue weighted by atomic mass is 10.1. The third-order valence-electron chi connectivity index (χ3n) is 10.3. The van der Waals surface area contributed by atoms with Gasteiger partial charge in [-0.3, -0.25) is 28.8 Å².